The van der Waals surface area contributed by atoms with Crippen molar-refractivity contribution in [2.45, 2.75) is 0 Å². The molecule has 0 aromatic heterocycles. The van der Waals surface area contributed by atoms with Crippen molar-refractivity contribution in [3.05, 3.63) is 68.7 Å². The minimum Gasteiger partial charge on any atom is -0.495 e. The lowest BCUT2D eigenvalue weighted by Gasteiger charge is -2.08. The molecule has 0 aliphatic heterocycles. The third kappa shape index (κ3) is 4.65. The molecule has 0 aliphatic carbocycles. The highest BCUT2D eigenvalue weighted by Gasteiger charge is 2.12. The van der Waals surface area contributed by atoms with Crippen LogP contribution in [-0.4, -0.2) is 17.9 Å². The largest absolute Gasteiger partial charge is 0.495 e. The predicted molar refractivity (Wildman–Crippen MR) is 91.5 cm³/mol. The maximum atomic E-state index is 12.0. The van der Waals surface area contributed by atoms with Gasteiger partial charge in [0.1, 0.15) is 5.75 Å². The SMILES string of the molecule is COc1ccc([N+](=O)[O-])cc1NC(=O)/C=C/c1ccc(Br)cc1. The first-order valence-electron chi connectivity index (χ1n) is 6.56. The Hall–Kier alpha value is -2.67. The summed E-state index contributed by atoms with van der Waals surface area (Å²) in [5, 5.41) is 13.4. The van der Waals surface area contributed by atoms with E-state index in [1.165, 1.54) is 31.4 Å². The smallest absolute Gasteiger partial charge is 0.271 e. The Morgan fingerprint density at radius 1 is 1.26 bits per heavy atom. The standard InChI is InChI=1S/C16H13BrN2O4/c1-23-15-8-7-13(19(21)22)10-14(15)18-16(20)9-4-11-2-5-12(17)6-3-11/h2-10H,1H3,(H,18,20)/b9-4+. The van der Waals surface area contributed by atoms with E-state index in [4.69, 9.17) is 4.74 Å². The number of nitrogens with zero attached hydrogens (tertiary/aromatic N) is 1. The van der Waals surface area contributed by atoms with Gasteiger partial charge < -0.3 is 10.1 Å². The molecule has 0 atom stereocenters. The molecule has 0 heterocycles. The van der Waals surface area contributed by atoms with Gasteiger partial charge in [0, 0.05) is 22.7 Å². The summed E-state index contributed by atoms with van der Waals surface area (Å²) in [4.78, 5) is 22.2. The third-order valence-corrected chi connectivity index (χ3v) is 3.48. The van der Waals surface area contributed by atoms with E-state index in [1.807, 2.05) is 24.3 Å². The van der Waals surface area contributed by atoms with Gasteiger partial charge in [-0.05, 0) is 29.8 Å². The van der Waals surface area contributed by atoms with Crippen molar-refractivity contribution in [2.24, 2.45) is 0 Å². The van der Waals surface area contributed by atoms with Gasteiger partial charge in [0.15, 0.2) is 0 Å². The maximum absolute atomic E-state index is 12.0. The van der Waals surface area contributed by atoms with Crippen LogP contribution in [0.4, 0.5) is 11.4 Å². The molecule has 2 aromatic carbocycles. The fourth-order valence-corrected chi connectivity index (χ4v) is 2.09. The van der Waals surface area contributed by atoms with Crippen molar-refractivity contribution in [3.8, 4) is 5.75 Å². The lowest BCUT2D eigenvalue weighted by molar-refractivity contribution is -0.384. The Labute approximate surface area is 141 Å². The van der Waals surface area contributed by atoms with E-state index in [-0.39, 0.29) is 11.4 Å². The number of non-ortho nitro benzene ring substituents is 1. The molecular weight excluding hydrogens is 364 g/mol. The topological polar surface area (TPSA) is 81.5 Å². The van der Waals surface area contributed by atoms with E-state index in [2.05, 4.69) is 21.2 Å². The molecule has 0 saturated heterocycles. The Morgan fingerprint density at radius 3 is 2.57 bits per heavy atom. The van der Waals surface area contributed by atoms with E-state index < -0.39 is 10.8 Å². The van der Waals surface area contributed by atoms with Crippen LogP contribution in [0.1, 0.15) is 5.56 Å². The minimum atomic E-state index is -0.535. The molecule has 7 heteroatoms. The molecule has 118 valence electrons. The number of nitrogens with one attached hydrogen (secondary N) is 1. The van der Waals surface area contributed by atoms with Crippen LogP contribution in [0.2, 0.25) is 0 Å². The van der Waals surface area contributed by atoms with Gasteiger partial charge in [-0.3, -0.25) is 14.9 Å². The molecule has 2 aromatic rings. The lowest BCUT2D eigenvalue weighted by Crippen LogP contribution is -2.09. The number of amides is 1. The highest BCUT2D eigenvalue weighted by molar-refractivity contribution is 9.10. The second-order valence-corrected chi connectivity index (χ2v) is 5.43. The Kier molecular flexibility index (Phi) is 5.48. The average molecular weight is 377 g/mol. The van der Waals surface area contributed by atoms with Gasteiger partial charge in [-0.2, -0.15) is 0 Å². The molecule has 0 bridgehead atoms. The summed E-state index contributed by atoms with van der Waals surface area (Å²) >= 11 is 3.33. The number of nitro groups is 1. The van der Waals surface area contributed by atoms with E-state index >= 15 is 0 Å². The van der Waals surface area contributed by atoms with Gasteiger partial charge in [-0.1, -0.05) is 28.1 Å². The zero-order valence-electron chi connectivity index (χ0n) is 12.2. The predicted octanol–water partition coefficient (Wildman–Crippen LogP) is 4.02. The van der Waals surface area contributed by atoms with Gasteiger partial charge in [-0.15, -0.1) is 0 Å². The normalized spacial score (nSPS) is 10.5. The second kappa shape index (κ2) is 7.55. The fraction of sp³-hybridized carbons (Fsp3) is 0.0625. The number of hydrogen-bond donors (Lipinski definition) is 1. The number of carbonyl (C=O) groups excluding carboxylic acids is 1. The van der Waals surface area contributed by atoms with Crippen molar-refractivity contribution in [3.63, 3.8) is 0 Å². The highest BCUT2D eigenvalue weighted by atomic mass is 79.9. The number of methoxy groups -OCH3 is 1. The number of anilines is 1. The first-order valence-corrected chi connectivity index (χ1v) is 7.36. The van der Waals surface area contributed by atoms with Crippen LogP contribution in [0, 0.1) is 10.1 Å². The lowest BCUT2D eigenvalue weighted by atomic mass is 10.2. The van der Waals surface area contributed by atoms with Gasteiger partial charge in [0.25, 0.3) is 5.69 Å². The monoisotopic (exact) mass is 376 g/mol. The summed E-state index contributed by atoms with van der Waals surface area (Å²) in [6, 6.07) is 11.4. The van der Waals surface area contributed by atoms with E-state index in [0.29, 0.717) is 5.75 Å². The van der Waals surface area contributed by atoms with Crippen molar-refractivity contribution in [1.29, 1.82) is 0 Å². The maximum Gasteiger partial charge on any atom is 0.271 e. The molecule has 6 nitrogen and oxygen atoms in total. The molecule has 0 fully saturated rings. The molecule has 0 saturated carbocycles. The van der Waals surface area contributed by atoms with Crippen LogP contribution < -0.4 is 10.1 Å². The number of carbonyl (C=O) groups is 1. The van der Waals surface area contributed by atoms with Gasteiger partial charge >= 0.3 is 0 Å². The number of rotatable bonds is 5. The molecule has 1 amide bonds. The number of halogens is 1. The third-order valence-electron chi connectivity index (χ3n) is 2.95. The summed E-state index contributed by atoms with van der Waals surface area (Å²) in [5.74, 6) is -0.0623. The summed E-state index contributed by atoms with van der Waals surface area (Å²) in [5.41, 5.74) is 0.972. The van der Waals surface area contributed by atoms with Crippen LogP contribution in [-0.2, 0) is 4.79 Å². The average Bonchev–Trinajstić information content (AvgIpc) is 2.54. The first kappa shape index (κ1) is 16.7. The van der Waals surface area contributed by atoms with Crippen molar-refractivity contribution >= 4 is 39.3 Å². The minimum absolute atomic E-state index is 0.127. The zero-order chi connectivity index (χ0) is 16.8. The molecule has 1 N–H and O–H groups in total. The highest BCUT2D eigenvalue weighted by Crippen LogP contribution is 2.28. The van der Waals surface area contributed by atoms with Crippen LogP contribution in [0.3, 0.4) is 0 Å². The fourth-order valence-electron chi connectivity index (χ4n) is 1.83. The Morgan fingerprint density at radius 2 is 1.96 bits per heavy atom. The summed E-state index contributed by atoms with van der Waals surface area (Å²) in [7, 11) is 1.43. The van der Waals surface area contributed by atoms with E-state index in [0.717, 1.165) is 10.0 Å². The van der Waals surface area contributed by atoms with Gasteiger partial charge in [-0.25, -0.2) is 0 Å². The van der Waals surface area contributed by atoms with Crippen molar-refractivity contribution in [1.82, 2.24) is 0 Å². The van der Waals surface area contributed by atoms with Crippen LogP contribution in [0.25, 0.3) is 6.08 Å². The van der Waals surface area contributed by atoms with Gasteiger partial charge in [0.2, 0.25) is 5.91 Å². The second-order valence-electron chi connectivity index (χ2n) is 4.52. The van der Waals surface area contributed by atoms with Crippen LogP contribution >= 0.6 is 15.9 Å². The first-order chi connectivity index (χ1) is 11.0. The number of hydrogen-bond acceptors (Lipinski definition) is 4. The van der Waals surface area contributed by atoms with Gasteiger partial charge in [0.05, 0.1) is 17.7 Å². The molecular formula is C16H13BrN2O4. The molecule has 0 spiro atoms. The quantitative estimate of drug-likeness (QED) is 0.485. The summed E-state index contributed by atoms with van der Waals surface area (Å²) < 4.78 is 6.04. The zero-order valence-corrected chi connectivity index (χ0v) is 13.7. The Balaban J connectivity index is 2.14. The van der Waals surface area contributed by atoms with Crippen molar-refractivity contribution < 1.29 is 14.5 Å². The summed E-state index contributed by atoms with van der Waals surface area (Å²) in [6.45, 7) is 0. The number of nitro benzene ring substituents is 1. The summed E-state index contributed by atoms with van der Waals surface area (Å²) in [6.07, 6.45) is 2.99. The molecule has 23 heavy (non-hydrogen) atoms. The Bertz CT molecular complexity index is 757. The van der Waals surface area contributed by atoms with Crippen LogP contribution in [0.15, 0.2) is 53.0 Å². The molecule has 0 unspecified atom stereocenters. The molecule has 0 radical (unpaired) electrons. The van der Waals surface area contributed by atoms with Crippen LogP contribution in [0.5, 0.6) is 5.75 Å². The molecule has 0 aliphatic rings. The van der Waals surface area contributed by atoms with Crippen molar-refractivity contribution in [2.75, 3.05) is 12.4 Å². The van der Waals surface area contributed by atoms with E-state index in [1.54, 1.807) is 6.08 Å². The number of benzene rings is 2. The number of ether oxygens (including phenoxy) is 1. The van der Waals surface area contributed by atoms with E-state index in [9.17, 15) is 14.9 Å². The molecule has 2 rings (SSSR count).